The Morgan fingerprint density at radius 2 is 1.04 bits per heavy atom. The summed E-state index contributed by atoms with van der Waals surface area (Å²) in [5, 5.41) is 9.22. The van der Waals surface area contributed by atoms with Crippen LogP contribution in [0.2, 0.25) is 0 Å². The molecule has 7 aromatic carbocycles. The van der Waals surface area contributed by atoms with E-state index in [1.54, 1.807) is 0 Å². The third-order valence-electron chi connectivity index (χ3n) is 10.4. The molecule has 0 bridgehead atoms. The Morgan fingerprint density at radius 1 is 0.462 bits per heavy atom. The van der Waals surface area contributed by atoms with Gasteiger partial charge in [0.2, 0.25) is 0 Å². The number of aromatic nitrogens is 3. The van der Waals surface area contributed by atoms with Crippen molar-refractivity contribution in [2.75, 3.05) is 6.66 Å². The maximum atomic E-state index is 14.5. The first-order valence-corrected chi connectivity index (χ1v) is 19.7. The maximum absolute atomic E-state index is 14.5. The summed E-state index contributed by atoms with van der Waals surface area (Å²) in [4.78, 5) is 5.13. The molecule has 5 heteroatoms. The molecular formula is C47H32N3OP. The first-order chi connectivity index (χ1) is 25.5. The molecule has 2 aromatic heterocycles. The number of nitrogens with zero attached hydrogens (tertiary/aromatic N) is 3. The molecule has 1 atom stereocenters. The topological polar surface area (TPSA) is 47.3 Å². The predicted molar refractivity (Wildman–Crippen MR) is 216 cm³/mol. The number of hydrogen-bond donors (Lipinski definition) is 0. The summed E-state index contributed by atoms with van der Waals surface area (Å²) in [7, 11) is -2.79. The molecule has 0 N–H and O–H groups in total. The number of pyridine rings is 1. The molecule has 52 heavy (non-hydrogen) atoms. The molecule has 3 heterocycles. The molecule has 0 saturated carbocycles. The van der Waals surface area contributed by atoms with Gasteiger partial charge in [-0.1, -0.05) is 158 Å². The normalized spacial score (nSPS) is 14.8. The minimum absolute atomic E-state index is 0.670. The first-order valence-electron chi connectivity index (χ1n) is 17.5. The summed E-state index contributed by atoms with van der Waals surface area (Å²) >= 11 is 0. The van der Waals surface area contributed by atoms with Crippen molar-refractivity contribution in [3.05, 3.63) is 176 Å². The quantitative estimate of drug-likeness (QED) is 0.169. The molecule has 0 aliphatic carbocycles. The maximum Gasteiger partial charge on any atom is 0.182 e. The lowest BCUT2D eigenvalue weighted by Gasteiger charge is -2.17. The summed E-state index contributed by atoms with van der Waals surface area (Å²) in [5.41, 5.74) is 12.6. The van der Waals surface area contributed by atoms with Crippen LogP contribution < -0.4 is 10.6 Å². The van der Waals surface area contributed by atoms with Gasteiger partial charge in [-0.05, 0) is 74.1 Å². The summed E-state index contributed by atoms with van der Waals surface area (Å²) < 4.78 is 16.4. The van der Waals surface area contributed by atoms with Crippen LogP contribution in [0.15, 0.2) is 176 Å². The van der Waals surface area contributed by atoms with E-state index in [1.807, 2.05) is 41.5 Å². The van der Waals surface area contributed by atoms with E-state index in [9.17, 15) is 4.57 Å². The van der Waals surface area contributed by atoms with Crippen LogP contribution in [0.4, 0.5) is 0 Å². The molecule has 10 rings (SSSR count). The van der Waals surface area contributed by atoms with Crippen LogP contribution in [0, 0.1) is 0 Å². The van der Waals surface area contributed by atoms with Crippen molar-refractivity contribution in [3.63, 3.8) is 0 Å². The van der Waals surface area contributed by atoms with Gasteiger partial charge in [0.25, 0.3) is 0 Å². The fraction of sp³-hybridized carbons (Fsp3) is 0.0213. The molecule has 1 aliphatic rings. The number of hydrogen-bond acceptors (Lipinski definition) is 3. The summed E-state index contributed by atoms with van der Waals surface area (Å²) in [5.74, 6) is 0.670. The van der Waals surface area contributed by atoms with Gasteiger partial charge in [-0.3, -0.25) is 0 Å². The molecule has 0 radical (unpaired) electrons. The van der Waals surface area contributed by atoms with Gasteiger partial charge in [-0.25, -0.2) is 9.50 Å². The van der Waals surface area contributed by atoms with Crippen LogP contribution in [0.1, 0.15) is 0 Å². The molecule has 246 valence electrons. The zero-order valence-electron chi connectivity index (χ0n) is 28.4. The highest BCUT2D eigenvalue weighted by Crippen LogP contribution is 2.53. The standard InChI is InChI=1S/C47H32N3OP/c1-52(51)44-25-11-10-22-40(44)42-24-13-23-41(45(42)52)39-27-26-36(37-20-8-9-21-38(37)39)33-18-12-19-34(28-33)46-48-47-43(32-16-6-3-7-17-32)29-35(30-50(47)49-46)31-14-4-2-5-15-31/h2-30H,1H3. The average molecular weight is 686 g/mol. The molecule has 0 saturated heterocycles. The van der Waals surface area contributed by atoms with Crippen LogP contribution in [0.3, 0.4) is 0 Å². The molecule has 9 aromatic rings. The Hall–Kier alpha value is -6.35. The van der Waals surface area contributed by atoms with E-state index >= 15 is 0 Å². The van der Waals surface area contributed by atoms with Gasteiger partial charge in [-0.15, -0.1) is 5.10 Å². The van der Waals surface area contributed by atoms with E-state index in [0.29, 0.717) is 5.82 Å². The Labute approximate surface area is 302 Å². The second-order valence-electron chi connectivity index (χ2n) is 13.5. The second-order valence-corrected chi connectivity index (χ2v) is 16.3. The zero-order chi connectivity index (χ0) is 34.8. The minimum Gasteiger partial charge on any atom is -0.314 e. The summed E-state index contributed by atoms with van der Waals surface area (Å²) in [6.07, 6.45) is 2.07. The van der Waals surface area contributed by atoms with E-state index in [1.165, 1.54) is 0 Å². The van der Waals surface area contributed by atoms with Crippen molar-refractivity contribution in [3.8, 4) is 67.0 Å². The molecule has 1 aliphatic heterocycles. The summed E-state index contributed by atoms with van der Waals surface area (Å²) in [6, 6.07) is 58.9. The predicted octanol–water partition coefficient (Wildman–Crippen LogP) is 11.1. The van der Waals surface area contributed by atoms with Crippen molar-refractivity contribution in [2.45, 2.75) is 0 Å². The number of fused-ring (bicyclic) bond motifs is 5. The fourth-order valence-corrected chi connectivity index (χ4v) is 10.5. The Morgan fingerprint density at radius 3 is 1.83 bits per heavy atom. The molecule has 0 fully saturated rings. The lowest BCUT2D eigenvalue weighted by atomic mass is 9.90. The van der Waals surface area contributed by atoms with Gasteiger partial charge in [0.15, 0.2) is 11.5 Å². The molecule has 0 amide bonds. The van der Waals surface area contributed by atoms with E-state index in [2.05, 4.69) is 146 Å². The van der Waals surface area contributed by atoms with Crippen molar-refractivity contribution in [2.24, 2.45) is 0 Å². The highest BCUT2D eigenvalue weighted by Gasteiger charge is 2.37. The van der Waals surface area contributed by atoms with Crippen LogP contribution in [-0.2, 0) is 4.57 Å². The van der Waals surface area contributed by atoms with Crippen molar-refractivity contribution < 1.29 is 4.57 Å². The van der Waals surface area contributed by atoms with Gasteiger partial charge in [0.05, 0.1) is 0 Å². The Kier molecular flexibility index (Phi) is 6.96. The average Bonchev–Trinajstić information content (AvgIpc) is 3.74. The lowest BCUT2D eigenvalue weighted by Crippen LogP contribution is -2.11. The van der Waals surface area contributed by atoms with E-state index in [0.717, 1.165) is 88.2 Å². The van der Waals surface area contributed by atoms with Gasteiger partial charge in [0, 0.05) is 33.5 Å². The van der Waals surface area contributed by atoms with E-state index in [-0.39, 0.29) is 0 Å². The monoisotopic (exact) mass is 685 g/mol. The van der Waals surface area contributed by atoms with Crippen LogP contribution in [0.5, 0.6) is 0 Å². The smallest absolute Gasteiger partial charge is 0.182 e. The Balaban J connectivity index is 1.10. The molecule has 1 unspecified atom stereocenters. The fourth-order valence-electron chi connectivity index (χ4n) is 7.97. The highest BCUT2D eigenvalue weighted by atomic mass is 31.2. The van der Waals surface area contributed by atoms with Gasteiger partial charge in [0.1, 0.15) is 7.14 Å². The van der Waals surface area contributed by atoms with Crippen LogP contribution >= 0.6 is 7.14 Å². The molecular weight excluding hydrogens is 654 g/mol. The zero-order valence-corrected chi connectivity index (χ0v) is 29.3. The lowest BCUT2D eigenvalue weighted by molar-refractivity contribution is 0.591. The second kappa shape index (κ2) is 11.9. The van der Waals surface area contributed by atoms with Gasteiger partial charge < -0.3 is 4.57 Å². The number of rotatable bonds is 5. The Bertz CT molecular complexity index is 2890. The molecule has 0 spiro atoms. The van der Waals surface area contributed by atoms with E-state index < -0.39 is 7.14 Å². The van der Waals surface area contributed by atoms with Crippen LogP contribution in [0.25, 0.3) is 83.4 Å². The van der Waals surface area contributed by atoms with E-state index in [4.69, 9.17) is 10.1 Å². The van der Waals surface area contributed by atoms with Crippen molar-refractivity contribution in [1.82, 2.24) is 14.6 Å². The minimum atomic E-state index is -2.79. The highest BCUT2D eigenvalue weighted by molar-refractivity contribution is 7.79. The van der Waals surface area contributed by atoms with Crippen molar-refractivity contribution >= 4 is 34.2 Å². The summed E-state index contributed by atoms with van der Waals surface area (Å²) in [6.45, 7) is 1.92. The largest absolute Gasteiger partial charge is 0.314 e. The third kappa shape index (κ3) is 4.80. The van der Waals surface area contributed by atoms with Crippen LogP contribution in [-0.4, -0.2) is 21.3 Å². The number of benzene rings is 7. The SMILES string of the molecule is CP1(=O)c2ccccc2-c2cccc(-c3ccc(-c4cccc(-c5nc6c(-c7ccccc7)cc(-c7ccccc7)cn6n5)c4)c4ccccc34)c21. The first kappa shape index (κ1) is 30.5. The van der Waals surface area contributed by atoms with Gasteiger partial charge >= 0.3 is 0 Å². The third-order valence-corrected chi connectivity index (χ3v) is 13.0. The molecule has 4 nitrogen and oxygen atoms in total. The van der Waals surface area contributed by atoms with Gasteiger partial charge in [-0.2, -0.15) is 0 Å². The van der Waals surface area contributed by atoms with Crippen molar-refractivity contribution in [1.29, 1.82) is 0 Å².